The highest BCUT2D eigenvalue weighted by molar-refractivity contribution is 6.19. The first kappa shape index (κ1) is 29.5. The number of fused-ring (bicyclic) bond motifs is 6. The summed E-state index contributed by atoms with van der Waals surface area (Å²) in [7, 11) is 0. The fraction of sp³-hybridized carbons (Fsp3) is 0. The largest absolute Gasteiger partial charge is 0.456 e. The Morgan fingerprint density at radius 1 is 0.385 bits per heavy atom. The molecule has 242 valence electrons. The van der Waals surface area contributed by atoms with Crippen LogP contribution in [0.5, 0.6) is 0 Å². The van der Waals surface area contributed by atoms with Crippen molar-refractivity contribution in [3.63, 3.8) is 0 Å². The van der Waals surface area contributed by atoms with Crippen LogP contribution in [0.15, 0.2) is 167 Å². The average molecular weight is 667 g/mol. The monoisotopic (exact) mass is 666 g/mol. The molecule has 0 unspecified atom stereocenters. The van der Waals surface area contributed by atoms with Crippen LogP contribution in [0.1, 0.15) is 5.56 Å². The van der Waals surface area contributed by atoms with Gasteiger partial charge in [0.25, 0.3) is 0 Å². The van der Waals surface area contributed by atoms with Gasteiger partial charge in [0, 0.05) is 38.2 Å². The smallest absolute Gasteiger partial charge is 0.164 e. The van der Waals surface area contributed by atoms with Crippen molar-refractivity contribution in [2.75, 3.05) is 0 Å². The third kappa shape index (κ3) is 4.92. The Balaban J connectivity index is 1.09. The zero-order chi connectivity index (χ0) is 34.6. The molecule has 0 radical (unpaired) electrons. The second-order valence-electron chi connectivity index (χ2n) is 12.7. The van der Waals surface area contributed by atoms with E-state index < -0.39 is 0 Å². The number of benzene rings is 7. The lowest BCUT2D eigenvalue weighted by Crippen LogP contribution is -2.00. The second-order valence-corrected chi connectivity index (χ2v) is 12.7. The first-order chi connectivity index (χ1) is 25.7. The van der Waals surface area contributed by atoms with Gasteiger partial charge in [-0.1, -0.05) is 109 Å². The molecule has 0 N–H and O–H groups in total. The van der Waals surface area contributed by atoms with Crippen molar-refractivity contribution in [1.29, 1.82) is 5.26 Å². The van der Waals surface area contributed by atoms with E-state index >= 15 is 0 Å². The Hall–Kier alpha value is -7.36. The lowest BCUT2D eigenvalue weighted by Gasteiger charge is -2.10. The van der Waals surface area contributed by atoms with Crippen LogP contribution in [0.3, 0.4) is 0 Å². The van der Waals surface area contributed by atoms with Gasteiger partial charge in [0.05, 0.1) is 11.6 Å². The van der Waals surface area contributed by atoms with Crippen LogP contribution >= 0.6 is 0 Å². The highest BCUT2D eigenvalue weighted by atomic mass is 16.3. The summed E-state index contributed by atoms with van der Waals surface area (Å²) >= 11 is 0. The van der Waals surface area contributed by atoms with Gasteiger partial charge in [-0.3, -0.25) is 0 Å². The van der Waals surface area contributed by atoms with Gasteiger partial charge in [-0.15, -0.1) is 0 Å². The van der Waals surface area contributed by atoms with E-state index in [0.717, 1.165) is 82.8 Å². The van der Waals surface area contributed by atoms with E-state index in [1.54, 1.807) is 12.1 Å². The SMILES string of the molecule is N#Cc1cccc(-c2nc(-c3ccccc3)nc(-c3cccc(-c4ccc5c(c4)oc4cccc(-c6cccc7oc8ccccc8c67)c45)c3)n2)c1. The summed E-state index contributed by atoms with van der Waals surface area (Å²) in [5.41, 5.74) is 10.6. The van der Waals surface area contributed by atoms with Crippen LogP contribution < -0.4 is 0 Å². The number of hydrogen-bond acceptors (Lipinski definition) is 6. The Morgan fingerprint density at radius 2 is 0.904 bits per heavy atom. The zero-order valence-electron chi connectivity index (χ0n) is 27.6. The predicted octanol–water partition coefficient (Wildman–Crippen LogP) is 11.9. The van der Waals surface area contributed by atoms with Gasteiger partial charge in [0.2, 0.25) is 0 Å². The molecule has 0 aliphatic carbocycles. The topological polar surface area (TPSA) is 88.7 Å². The number of nitrogens with zero attached hydrogens (tertiary/aromatic N) is 4. The van der Waals surface area contributed by atoms with Gasteiger partial charge in [0.15, 0.2) is 17.5 Å². The highest BCUT2D eigenvalue weighted by Crippen LogP contribution is 2.43. The van der Waals surface area contributed by atoms with E-state index in [0.29, 0.717) is 23.0 Å². The molecule has 10 aromatic rings. The van der Waals surface area contributed by atoms with Crippen molar-refractivity contribution in [2.45, 2.75) is 0 Å². The number of para-hydroxylation sites is 1. The molecule has 0 amide bonds. The standard InChI is InChI=1S/C46H26N4O2/c47-27-28-10-6-14-32(24-28)45-48-44(29-11-2-1-3-12-29)49-46(50-45)33-15-7-13-30(25-33)31-22-23-37-41(26-31)52-40-21-9-18-35(43(37)40)34-17-8-20-39-42(34)36-16-4-5-19-38(36)51-39/h1-26H. The summed E-state index contributed by atoms with van der Waals surface area (Å²) in [6.45, 7) is 0. The molecular weight excluding hydrogens is 641 g/mol. The van der Waals surface area contributed by atoms with E-state index in [1.807, 2.05) is 84.9 Å². The summed E-state index contributed by atoms with van der Waals surface area (Å²) in [6.07, 6.45) is 0. The van der Waals surface area contributed by atoms with Gasteiger partial charge in [-0.25, -0.2) is 15.0 Å². The Morgan fingerprint density at radius 3 is 1.63 bits per heavy atom. The second kappa shape index (κ2) is 11.9. The quantitative estimate of drug-likeness (QED) is 0.182. The van der Waals surface area contributed by atoms with Crippen LogP contribution in [0.25, 0.3) is 100 Å². The number of rotatable bonds is 5. The molecule has 6 nitrogen and oxygen atoms in total. The lowest BCUT2D eigenvalue weighted by atomic mass is 9.95. The number of furan rings is 2. The van der Waals surface area contributed by atoms with Crippen molar-refractivity contribution in [1.82, 2.24) is 15.0 Å². The molecule has 0 saturated heterocycles. The summed E-state index contributed by atoms with van der Waals surface area (Å²) in [4.78, 5) is 14.6. The molecular formula is C46H26N4O2. The normalized spacial score (nSPS) is 11.4. The number of hydrogen-bond donors (Lipinski definition) is 0. The lowest BCUT2D eigenvalue weighted by molar-refractivity contribution is 0.668. The molecule has 7 aromatic carbocycles. The third-order valence-electron chi connectivity index (χ3n) is 9.56. The molecule has 0 aliphatic heterocycles. The number of aromatic nitrogens is 3. The van der Waals surface area contributed by atoms with Crippen LogP contribution in [-0.2, 0) is 0 Å². The summed E-state index contributed by atoms with van der Waals surface area (Å²) in [5, 5.41) is 13.8. The molecule has 0 spiro atoms. The van der Waals surface area contributed by atoms with Crippen LogP contribution in [0.2, 0.25) is 0 Å². The summed E-state index contributed by atoms with van der Waals surface area (Å²) in [6, 6.07) is 54.7. The molecule has 0 saturated carbocycles. The van der Waals surface area contributed by atoms with E-state index in [4.69, 9.17) is 23.8 Å². The Kier molecular flexibility index (Phi) is 6.76. The van der Waals surface area contributed by atoms with Crippen molar-refractivity contribution in [3.8, 4) is 62.5 Å². The number of nitriles is 1. The Labute approximate surface area is 297 Å². The van der Waals surface area contributed by atoms with E-state index in [9.17, 15) is 5.26 Å². The minimum absolute atomic E-state index is 0.505. The first-order valence-electron chi connectivity index (χ1n) is 17.0. The maximum absolute atomic E-state index is 9.54. The predicted molar refractivity (Wildman–Crippen MR) is 206 cm³/mol. The summed E-state index contributed by atoms with van der Waals surface area (Å²) < 4.78 is 12.8. The van der Waals surface area contributed by atoms with Crippen LogP contribution in [0.4, 0.5) is 0 Å². The Bertz CT molecular complexity index is 3040. The summed E-state index contributed by atoms with van der Waals surface area (Å²) in [5.74, 6) is 1.61. The third-order valence-corrected chi connectivity index (χ3v) is 9.56. The van der Waals surface area contributed by atoms with Crippen molar-refractivity contribution < 1.29 is 8.83 Å². The maximum Gasteiger partial charge on any atom is 0.164 e. The van der Waals surface area contributed by atoms with Gasteiger partial charge in [-0.2, -0.15) is 5.26 Å². The zero-order valence-corrected chi connectivity index (χ0v) is 27.6. The van der Waals surface area contributed by atoms with Gasteiger partial charge in [0.1, 0.15) is 22.3 Å². The van der Waals surface area contributed by atoms with Crippen LogP contribution in [-0.4, -0.2) is 15.0 Å². The first-order valence-corrected chi connectivity index (χ1v) is 17.0. The van der Waals surface area contributed by atoms with E-state index in [2.05, 4.69) is 66.7 Å². The highest BCUT2D eigenvalue weighted by Gasteiger charge is 2.18. The minimum Gasteiger partial charge on any atom is -0.456 e. The minimum atomic E-state index is 0.505. The van der Waals surface area contributed by atoms with E-state index in [1.165, 1.54) is 0 Å². The molecule has 0 aliphatic rings. The molecule has 0 bridgehead atoms. The molecule has 0 fully saturated rings. The maximum atomic E-state index is 9.54. The van der Waals surface area contributed by atoms with Gasteiger partial charge < -0.3 is 8.83 Å². The van der Waals surface area contributed by atoms with Gasteiger partial charge in [-0.05, 0) is 70.8 Å². The van der Waals surface area contributed by atoms with Crippen molar-refractivity contribution in [2.24, 2.45) is 0 Å². The average Bonchev–Trinajstić information content (AvgIpc) is 3.79. The fourth-order valence-electron chi connectivity index (χ4n) is 7.15. The molecule has 3 aromatic heterocycles. The molecule has 10 rings (SSSR count). The molecule has 52 heavy (non-hydrogen) atoms. The molecule has 0 atom stereocenters. The van der Waals surface area contributed by atoms with Gasteiger partial charge >= 0.3 is 0 Å². The van der Waals surface area contributed by atoms with Crippen LogP contribution in [0, 0.1) is 11.3 Å². The molecule has 6 heteroatoms. The molecule has 3 heterocycles. The van der Waals surface area contributed by atoms with Crippen molar-refractivity contribution in [3.05, 3.63) is 163 Å². The fourth-order valence-corrected chi connectivity index (χ4v) is 7.15. The van der Waals surface area contributed by atoms with Crippen molar-refractivity contribution >= 4 is 43.9 Å². The van der Waals surface area contributed by atoms with E-state index in [-0.39, 0.29) is 0 Å².